The molecule has 0 spiro atoms. The molecule has 0 aliphatic heterocycles. The second kappa shape index (κ2) is 7.15. The Hall–Kier alpha value is -3.68. The lowest BCUT2D eigenvalue weighted by atomic mass is 10.2. The van der Waals surface area contributed by atoms with Gasteiger partial charge in [-0.15, -0.1) is 0 Å². The zero-order valence-electron chi connectivity index (χ0n) is 15.2. The summed E-state index contributed by atoms with van der Waals surface area (Å²) in [6, 6.07) is 11.0. The van der Waals surface area contributed by atoms with E-state index in [2.05, 4.69) is 10.3 Å². The molecule has 0 N–H and O–H groups in total. The summed E-state index contributed by atoms with van der Waals surface area (Å²) in [5.74, 6) is 0.127. The van der Waals surface area contributed by atoms with E-state index in [0.29, 0.717) is 39.9 Å². The third kappa shape index (κ3) is 3.32. The maximum atomic E-state index is 13.1. The SMILES string of the molecule is Cc1nn(-c2ccc(F)cc2)c(C)c1C(=O)OCc1cc(-c2ccco2)on1. The van der Waals surface area contributed by atoms with Crippen LogP contribution in [-0.2, 0) is 11.3 Å². The van der Waals surface area contributed by atoms with Crippen molar-refractivity contribution in [2.45, 2.75) is 20.5 Å². The highest BCUT2D eigenvalue weighted by Gasteiger charge is 2.21. The summed E-state index contributed by atoms with van der Waals surface area (Å²) in [5.41, 5.74) is 2.59. The van der Waals surface area contributed by atoms with Gasteiger partial charge in [-0.05, 0) is 50.2 Å². The van der Waals surface area contributed by atoms with Gasteiger partial charge in [0.25, 0.3) is 0 Å². The third-order valence-electron chi connectivity index (χ3n) is 4.24. The minimum absolute atomic E-state index is 0.0519. The van der Waals surface area contributed by atoms with Crippen LogP contribution in [0.3, 0.4) is 0 Å². The molecule has 8 heteroatoms. The van der Waals surface area contributed by atoms with Gasteiger partial charge in [-0.2, -0.15) is 5.10 Å². The molecule has 3 heterocycles. The fourth-order valence-corrected chi connectivity index (χ4v) is 2.90. The number of rotatable bonds is 5. The number of benzene rings is 1. The van der Waals surface area contributed by atoms with Gasteiger partial charge in [-0.25, -0.2) is 13.9 Å². The smallest absolute Gasteiger partial charge is 0.342 e. The first-order valence-electron chi connectivity index (χ1n) is 8.51. The molecule has 0 saturated heterocycles. The largest absolute Gasteiger partial charge is 0.461 e. The van der Waals surface area contributed by atoms with Crippen LogP contribution in [0, 0.1) is 19.7 Å². The van der Waals surface area contributed by atoms with E-state index in [-0.39, 0.29) is 12.4 Å². The van der Waals surface area contributed by atoms with Crippen LogP contribution in [0.1, 0.15) is 27.4 Å². The van der Waals surface area contributed by atoms with E-state index in [1.807, 2.05) is 0 Å². The average Bonchev–Trinajstić information content (AvgIpc) is 3.41. The highest BCUT2D eigenvalue weighted by atomic mass is 19.1. The molecule has 0 atom stereocenters. The molecule has 4 aromatic rings. The van der Waals surface area contributed by atoms with E-state index in [0.717, 1.165) is 0 Å². The zero-order valence-corrected chi connectivity index (χ0v) is 15.2. The predicted molar refractivity (Wildman–Crippen MR) is 96.3 cm³/mol. The van der Waals surface area contributed by atoms with Crippen LogP contribution in [0.4, 0.5) is 4.39 Å². The lowest BCUT2D eigenvalue weighted by molar-refractivity contribution is 0.0462. The number of halogens is 1. The molecule has 3 aromatic heterocycles. The Bertz CT molecular complexity index is 1110. The first-order chi connectivity index (χ1) is 13.5. The normalized spacial score (nSPS) is 11.0. The fraction of sp³-hybridized carbons (Fsp3) is 0.150. The number of carbonyl (C=O) groups is 1. The van der Waals surface area contributed by atoms with Gasteiger partial charge in [-0.3, -0.25) is 0 Å². The lowest BCUT2D eigenvalue weighted by Gasteiger charge is -2.05. The molecule has 0 unspecified atom stereocenters. The van der Waals surface area contributed by atoms with Crippen LogP contribution in [-0.4, -0.2) is 20.9 Å². The molecule has 0 aliphatic carbocycles. The standard InChI is InChI=1S/C20H16FN3O4/c1-12-19(13(2)24(22-12)16-7-5-14(21)6-8-16)20(25)27-11-15-10-18(28-23-15)17-4-3-9-26-17/h3-10H,11H2,1-2H3. The fourth-order valence-electron chi connectivity index (χ4n) is 2.90. The van der Waals surface area contributed by atoms with Crippen molar-refractivity contribution in [1.29, 1.82) is 0 Å². The van der Waals surface area contributed by atoms with Crippen molar-refractivity contribution >= 4 is 5.97 Å². The monoisotopic (exact) mass is 381 g/mol. The highest BCUT2D eigenvalue weighted by Crippen LogP contribution is 2.22. The van der Waals surface area contributed by atoms with Gasteiger partial charge in [-0.1, -0.05) is 5.16 Å². The van der Waals surface area contributed by atoms with E-state index in [1.165, 1.54) is 18.4 Å². The number of esters is 1. The van der Waals surface area contributed by atoms with Gasteiger partial charge < -0.3 is 13.7 Å². The molecule has 4 rings (SSSR count). The number of ether oxygens (including phenoxy) is 1. The maximum Gasteiger partial charge on any atom is 0.342 e. The number of carbonyl (C=O) groups excluding carboxylic acids is 1. The molecule has 0 radical (unpaired) electrons. The number of furan rings is 1. The summed E-state index contributed by atoms with van der Waals surface area (Å²) in [5, 5.41) is 8.25. The van der Waals surface area contributed by atoms with Gasteiger partial charge in [0.15, 0.2) is 5.76 Å². The molecule has 28 heavy (non-hydrogen) atoms. The highest BCUT2D eigenvalue weighted by molar-refractivity contribution is 5.92. The Labute approximate surface area is 159 Å². The summed E-state index contributed by atoms with van der Waals surface area (Å²) in [6.07, 6.45) is 1.53. The van der Waals surface area contributed by atoms with Gasteiger partial charge in [0, 0.05) is 6.07 Å². The predicted octanol–water partition coefficient (Wildman–Crippen LogP) is 4.23. The number of aryl methyl sites for hydroxylation is 1. The Balaban J connectivity index is 1.50. The Morgan fingerprint density at radius 3 is 2.68 bits per heavy atom. The van der Waals surface area contributed by atoms with Crippen LogP contribution < -0.4 is 0 Å². The minimum Gasteiger partial charge on any atom is -0.461 e. The number of aromatic nitrogens is 3. The van der Waals surface area contributed by atoms with Crippen molar-refractivity contribution in [1.82, 2.24) is 14.9 Å². The maximum absolute atomic E-state index is 13.1. The second-order valence-corrected chi connectivity index (χ2v) is 6.17. The number of hydrogen-bond donors (Lipinski definition) is 0. The first kappa shape index (κ1) is 17.7. The molecular weight excluding hydrogens is 365 g/mol. The quantitative estimate of drug-likeness (QED) is 0.481. The van der Waals surface area contributed by atoms with Gasteiger partial charge in [0.1, 0.15) is 23.7 Å². The summed E-state index contributed by atoms with van der Waals surface area (Å²) in [4.78, 5) is 12.6. The number of nitrogens with zero attached hydrogens (tertiary/aromatic N) is 3. The molecule has 7 nitrogen and oxygen atoms in total. The average molecular weight is 381 g/mol. The molecule has 142 valence electrons. The molecule has 0 amide bonds. The molecule has 1 aromatic carbocycles. The van der Waals surface area contributed by atoms with Crippen LogP contribution in [0.5, 0.6) is 0 Å². The lowest BCUT2D eigenvalue weighted by Crippen LogP contribution is -2.08. The van der Waals surface area contributed by atoms with Crippen LogP contribution in [0.2, 0.25) is 0 Å². The Kier molecular flexibility index (Phi) is 4.52. The van der Waals surface area contributed by atoms with Crippen molar-refractivity contribution in [3.8, 4) is 17.2 Å². The molecule has 0 bridgehead atoms. The van der Waals surface area contributed by atoms with Crippen LogP contribution >= 0.6 is 0 Å². The van der Waals surface area contributed by atoms with Gasteiger partial charge in [0.2, 0.25) is 5.76 Å². The summed E-state index contributed by atoms with van der Waals surface area (Å²) >= 11 is 0. The zero-order chi connectivity index (χ0) is 19.7. The van der Waals surface area contributed by atoms with Gasteiger partial charge in [0.05, 0.1) is 23.3 Å². The van der Waals surface area contributed by atoms with E-state index in [1.54, 1.807) is 48.9 Å². The van der Waals surface area contributed by atoms with E-state index < -0.39 is 5.97 Å². The summed E-state index contributed by atoms with van der Waals surface area (Å²) in [7, 11) is 0. The molecular formula is C20H16FN3O4. The first-order valence-corrected chi connectivity index (χ1v) is 8.51. The van der Waals surface area contributed by atoms with Gasteiger partial charge >= 0.3 is 5.97 Å². The molecule has 0 saturated carbocycles. The Morgan fingerprint density at radius 1 is 1.18 bits per heavy atom. The molecule has 0 aliphatic rings. The van der Waals surface area contributed by atoms with Crippen molar-refractivity contribution in [3.05, 3.63) is 77.2 Å². The van der Waals surface area contributed by atoms with E-state index in [9.17, 15) is 9.18 Å². The second-order valence-electron chi connectivity index (χ2n) is 6.17. The van der Waals surface area contributed by atoms with Crippen molar-refractivity contribution in [2.24, 2.45) is 0 Å². The minimum atomic E-state index is -0.522. The Morgan fingerprint density at radius 2 is 1.96 bits per heavy atom. The molecule has 0 fully saturated rings. The van der Waals surface area contributed by atoms with Crippen molar-refractivity contribution < 1.29 is 22.9 Å². The topological polar surface area (TPSA) is 83.3 Å². The van der Waals surface area contributed by atoms with E-state index >= 15 is 0 Å². The summed E-state index contributed by atoms with van der Waals surface area (Å²) < 4.78 is 30.5. The van der Waals surface area contributed by atoms with E-state index in [4.69, 9.17) is 13.7 Å². The number of hydrogen-bond acceptors (Lipinski definition) is 6. The summed E-state index contributed by atoms with van der Waals surface area (Å²) in [6.45, 7) is 3.42. The van der Waals surface area contributed by atoms with Crippen molar-refractivity contribution in [3.63, 3.8) is 0 Å². The van der Waals surface area contributed by atoms with Crippen LogP contribution in [0.15, 0.2) is 57.7 Å². The van der Waals surface area contributed by atoms with Crippen LogP contribution in [0.25, 0.3) is 17.2 Å². The van der Waals surface area contributed by atoms with Crippen molar-refractivity contribution in [2.75, 3.05) is 0 Å². The third-order valence-corrected chi connectivity index (χ3v) is 4.24.